The fourth-order valence-corrected chi connectivity index (χ4v) is 4.77. The lowest BCUT2D eigenvalue weighted by atomic mass is 9.90. The van der Waals surface area contributed by atoms with Gasteiger partial charge in [0.15, 0.2) is 0 Å². The predicted octanol–water partition coefficient (Wildman–Crippen LogP) is 4.51. The minimum atomic E-state index is 0.0637. The number of hydrogen-bond acceptors (Lipinski definition) is 3. The van der Waals surface area contributed by atoms with Gasteiger partial charge in [-0.2, -0.15) is 5.10 Å². The highest BCUT2D eigenvalue weighted by Gasteiger charge is 2.64. The van der Waals surface area contributed by atoms with Crippen LogP contribution < -0.4 is 10.2 Å². The van der Waals surface area contributed by atoms with Crippen molar-refractivity contribution in [1.29, 1.82) is 0 Å². The highest BCUT2D eigenvalue weighted by Crippen LogP contribution is 2.66. The van der Waals surface area contributed by atoms with E-state index in [1.165, 1.54) is 19.3 Å². The molecule has 0 bridgehead atoms. The van der Waals surface area contributed by atoms with Crippen molar-refractivity contribution in [2.75, 3.05) is 6.61 Å². The summed E-state index contributed by atoms with van der Waals surface area (Å²) in [4.78, 5) is 12.6. The van der Waals surface area contributed by atoms with E-state index in [1.54, 1.807) is 6.21 Å². The average molecular weight is 350 g/mol. The van der Waals surface area contributed by atoms with Crippen molar-refractivity contribution < 1.29 is 9.53 Å². The summed E-state index contributed by atoms with van der Waals surface area (Å²) < 4.78 is 5.75. The molecule has 2 aromatic rings. The van der Waals surface area contributed by atoms with Crippen molar-refractivity contribution in [3.63, 3.8) is 0 Å². The largest absolute Gasteiger partial charge is 0.493 e. The van der Waals surface area contributed by atoms with Gasteiger partial charge in [0.25, 0.3) is 0 Å². The highest BCUT2D eigenvalue weighted by atomic mass is 16.5. The number of carbonyl (C=O) groups excluding carboxylic acids is 1. The monoisotopic (exact) mass is 350 g/mol. The number of hydrogen-bond donors (Lipinski definition) is 1. The second kappa shape index (κ2) is 6.75. The molecule has 0 heterocycles. The molecule has 2 saturated carbocycles. The number of ether oxygens (including phenoxy) is 1. The zero-order chi connectivity index (χ0) is 18.1. The van der Waals surface area contributed by atoms with E-state index in [9.17, 15) is 4.79 Å². The quantitative estimate of drug-likeness (QED) is 0.637. The van der Waals surface area contributed by atoms with Crippen molar-refractivity contribution in [1.82, 2.24) is 5.43 Å². The summed E-state index contributed by atoms with van der Waals surface area (Å²) in [6.45, 7) is 4.81. The molecule has 2 fully saturated rings. The van der Waals surface area contributed by atoms with Gasteiger partial charge in [-0.15, -0.1) is 0 Å². The van der Waals surface area contributed by atoms with E-state index in [-0.39, 0.29) is 17.2 Å². The molecule has 0 unspecified atom stereocenters. The van der Waals surface area contributed by atoms with Crippen molar-refractivity contribution >= 4 is 22.9 Å². The molecule has 2 aliphatic rings. The van der Waals surface area contributed by atoms with Gasteiger partial charge in [-0.3, -0.25) is 4.79 Å². The fourth-order valence-electron chi connectivity index (χ4n) is 4.77. The molecule has 1 N–H and O–H groups in total. The minimum absolute atomic E-state index is 0.0637. The van der Waals surface area contributed by atoms with Gasteiger partial charge in [0.05, 0.1) is 12.8 Å². The van der Waals surface area contributed by atoms with Gasteiger partial charge in [-0.1, -0.05) is 50.1 Å². The van der Waals surface area contributed by atoms with Gasteiger partial charge >= 0.3 is 0 Å². The first-order valence-corrected chi connectivity index (χ1v) is 9.62. The van der Waals surface area contributed by atoms with E-state index in [1.807, 2.05) is 31.2 Å². The Morgan fingerprint density at radius 3 is 2.92 bits per heavy atom. The third-order valence-corrected chi connectivity index (χ3v) is 6.21. The highest BCUT2D eigenvalue weighted by molar-refractivity contribution is 6.02. The Hall–Kier alpha value is -2.36. The number of carbonyl (C=O) groups is 1. The Labute approximate surface area is 154 Å². The maximum atomic E-state index is 12.6. The van der Waals surface area contributed by atoms with Crippen LogP contribution in [0.3, 0.4) is 0 Å². The first kappa shape index (κ1) is 17.1. The molecule has 0 aromatic heterocycles. The Bertz CT molecular complexity index is 860. The molecule has 2 aromatic carbocycles. The number of rotatable bonds is 5. The molecular formula is C22H26N2O2. The van der Waals surface area contributed by atoms with E-state index >= 15 is 0 Å². The van der Waals surface area contributed by atoms with Gasteiger partial charge < -0.3 is 4.74 Å². The Morgan fingerprint density at radius 2 is 2.15 bits per heavy atom. The number of fused-ring (bicyclic) bond motifs is 2. The van der Waals surface area contributed by atoms with Crippen LogP contribution in [-0.4, -0.2) is 18.7 Å². The molecule has 3 atom stereocenters. The van der Waals surface area contributed by atoms with Crippen LogP contribution in [0.25, 0.3) is 10.8 Å². The van der Waals surface area contributed by atoms with Crippen molar-refractivity contribution in [3.05, 3.63) is 42.0 Å². The van der Waals surface area contributed by atoms with Gasteiger partial charge in [-0.05, 0) is 47.9 Å². The summed E-state index contributed by atoms with van der Waals surface area (Å²) >= 11 is 0. The molecule has 0 spiro atoms. The maximum Gasteiger partial charge on any atom is 0.244 e. The fraction of sp³-hybridized carbons (Fsp3) is 0.455. The predicted molar refractivity (Wildman–Crippen MR) is 104 cm³/mol. The van der Waals surface area contributed by atoms with Gasteiger partial charge in [0.2, 0.25) is 5.91 Å². The second-order valence-electron chi connectivity index (χ2n) is 7.70. The van der Waals surface area contributed by atoms with Gasteiger partial charge in [0, 0.05) is 11.5 Å². The molecule has 4 heteroatoms. The Kier molecular flexibility index (Phi) is 4.43. The molecule has 26 heavy (non-hydrogen) atoms. The normalized spacial score (nSPS) is 27.3. The van der Waals surface area contributed by atoms with Crippen molar-refractivity contribution in [3.8, 4) is 5.75 Å². The number of nitrogens with one attached hydrogen (secondary N) is 1. The lowest BCUT2D eigenvalue weighted by Crippen LogP contribution is -2.22. The number of benzene rings is 2. The molecule has 0 radical (unpaired) electrons. The smallest absolute Gasteiger partial charge is 0.244 e. The second-order valence-corrected chi connectivity index (χ2v) is 7.70. The lowest BCUT2D eigenvalue weighted by molar-refractivity contribution is -0.123. The third kappa shape index (κ3) is 2.87. The van der Waals surface area contributed by atoms with E-state index in [0.717, 1.165) is 28.5 Å². The summed E-state index contributed by atoms with van der Waals surface area (Å²) in [6.07, 6.45) is 6.56. The number of nitrogens with zero attached hydrogens (tertiary/aromatic N) is 1. The molecule has 136 valence electrons. The molecule has 4 nitrogen and oxygen atoms in total. The van der Waals surface area contributed by atoms with E-state index < -0.39 is 0 Å². The van der Waals surface area contributed by atoms with E-state index in [2.05, 4.69) is 29.6 Å². The van der Waals surface area contributed by atoms with Crippen molar-refractivity contribution in [2.24, 2.45) is 22.4 Å². The molecule has 4 rings (SSSR count). The molecule has 2 aliphatic carbocycles. The third-order valence-electron chi connectivity index (χ3n) is 6.21. The molecular weight excluding hydrogens is 324 g/mol. The zero-order valence-corrected chi connectivity index (χ0v) is 15.5. The van der Waals surface area contributed by atoms with Crippen LogP contribution in [0.15, 0.2) is 41.5 Å². The number of hydrazone groups is 1. The first-order valence-electron chi connectivity index (χ1n) is 9.62. The van der Waals surface area contributed by atoms with Crippen LogP contribution in [0.1, 0.15) is 45.1 Å². The van der Waals surface area contributed by atoms with Gasteiger partial charge in [-0.25, -0.2) is 5.43 Å². The van der Waals surface area contributed by atoms with Gasteiger partial charge in [0.1, 0.15) is 5.75 Å². The molecule has 1 amide bonds. The SMILES string of the molecule is CCOc1ccc2ccccc2c1/C=N\NC(=O)[C@@H]1[C@H]2CCCC[C@@]21C. The summed E-state index contributed by atoms with van der Waals surface area (Å²) in [6, 6.07) is 12.1. The minimum Gasteiger partial charge on any atom is -0.493 e. The van der Waals surface area contributed by atoms with Crippen molar-refractivity contribution in [2.45, 2.75) is 39.5 Å². The van der Waals surface area contributed by atoms with Crippen LogP contribution in [0, 0.1) is 17.3 Å². The zero-order valence-electron chi connectivity index (χ0n) is 15.5. The lowest BCUT2D eigenvalue weighted by Gasteiger charge is -2.15. The van der Waals surface area contributed by atoms with E-state index in [4.69, 9.17) is 4.74 Å². The standard InChI is InChI=1S/C22H26N2O2/c1-3-26-19-12-11-15-8-4-5-9-16(15)17(19)14-23-24-21(25)20-18-10-6-7-13-22(18,20)2/h4-5,8-9,11-12,14,18,20H,3,6-7,10,13H2,1-2H3,(H,24,25)/b23-14-/t18-,20+,22+/m1/s1. The van der Waals surface area contributed by atoms with Crippen LogP contribution in [0.4, 0.5) is 0 Å². The topological polar surface area (TPSA) is 50.7 Å². The molecule has 0 saturated heterocycles. The average Bonchev–Trinajstić information content (AvgIpc) is 3.29. The van der Waals surface area contributed by atoms with Crippen LogP contribution in [0.2, 0.25) is 0 Å². The van der Waals surface area contributed by atoms with E-state index in [0.29, 0.717) is 12.5 Å². The summed E-state index contributed by atoms with van der Waals surface area (Å²) in [5, 5.41) is 6.48. The number of amides is 1. The van der Waals surface area contributed by atoms with Crippen LogP contribution in [-0.2, 0) is 4.79 Å². The molecule has 0 aliphatic heterocycles. The summed E-state index contributed by atoms with van der Waals surface area (Å²) in [7, 11) is 0. The van der Waals surface area contributed by atoms with Crippen LogP contribution >= 0.6 is 0 Å². The maximum absolute atomic E-state index is 12.6. The Morgan fingerprint density at radius 1 is 1.31 bits per heavy atom. The first-order chi connectivity index (χ1) is 12.6. The Balaban J connectivity index is 1.53. The summed E-state index contributed by atoms with van der Waals surface area (Å²) in [5.74, 6) is 1.52. The van der Waals surface area contributed by atoms with Crippen LogP contribution in [0.5, 0.6) is 5.75 Å². The summed E-state index contributed by atoms with van der Waals surface area (Å²) in [5.41, 5.74) is 3.89.